The Labute approximate surface area is 216 Å². The number of aromatic nitrogens is 3. The smallest absolute Gasteiger partial charge is 0.433 e. The number of hydrogen-bond donors (Lipinski definition) is 2. The molecular formula is C23H19F3N6O5S. The van der Waals surface area contributed by atoms with Gasteiger partial charge in [-0.15, -0.1) is 16.4 Å². The Kier molecular flexibility index (Phi) is 7.04. The molecule has 15 heteroatoms. The van der Waals surface area contributed by atoms with Crippen molar-refractivity contribution >= 4 is 44.7 Å². The first-order valence-corrected chi connectivity index (χ1v) is 11.7. The lowest BCUT2D eigenvalue weighted by Crippen LogP contribution is -2.18. The Morgan fingerprint density at radius 1 is 1.26 bits per heavy atom. The van der Waals surface area contributed by atoms with Crippen LogP contribution in [0.2, 0.25) is 0 Å². The Balaban J connectivity index is 1.75. The Morgan fingerprint density at radius 2 is 1.95 bits per heavy atom. The molecular weight excluding hydrogens is 529 g/mol. The van der Waals surface area contributed by atoms with Gasteiger partial charge in [0.05, 0.1) is 24.3 Å². The largest absolute Gasteiger partial charge is 0.475 e. The minimum atomic E-state index is -4.76. The number of hydrogen-bond acceptors (Lipinski definition) is 8. The molecule has 0 aliphatic carbocycles. The third kappa shape index (κ3) is 5.27. The van der Waals surface area contributed by atoms with E-state index in [1.165, 1.54) is 7.11 Å². The maximum absolute atomic E-state index is 13.6. The number of ether oxygens (including phenoxy) is 1. The number of fused-ring (bicyclic) bond motifs is 1. The van der Waals surface area contributed by atoms with Gasteiger partial charge < -0.3 is 15.8 Å². The molecule has 0 aliphatic rings. The Morgan fingerprint density at radius 3 is 2.50 bits per heavy atom. The summed E-state index contributed by atoms with van der Waals surface area (Å²) in [5.74, 6) is -1.83. The van der Waals surface area contributed by atoms with Gasteiger partial charge in [0.2, 0.25) is 5.91 Å². The molecule has 0 radical (unpaired) electrons. The van der Waals surface area contributed by atoms with Gasteiger partial charge in [-0.3, -0.25) is 24.4 Å². The van der Waals surface area contributed by atoms with Crippen molar-refractivity contribution in [3.8, 4) is 17.0 Å². The number of methoxy groups -OCH3 is 1. The zero-order valence-electron chi connectivity index (χ0n) is 19.8. The van der Waals surface area contributed by atoms with E-state index >= 15 is 0 Å². The van der Waals surface area contributed by atoms with E-state index in [4.69, 9.17) is 10.5 Å². The average molecular weight is 549 g/mol. The number of rotatable bonds is 8. The molecule has 2 amide bonds. The number of thiophene rings is 1. The lowest BCUT2D eigenvalue weighted by Gasteiger charge is -2.12. The molecule has 0 fully saturated rings. The minimum Gasteiger partial charge on any atom is -0.475 e. The number of alkyl halides is 3. The van der Waals surface area contributed by atoms with Crippen LogP contribution in [0, 0.1) is 17.0 Å². The molecule has 0 saturated carbocycles. The van der Waals surface area contributed by atoms with Gasteiger partial charge in [0.25, 0.3) is 5.91 Å². The van der Waals surface area contributed by atoms with Crippen LogP contribution in [0.4, 0.5) is 24.5 Å². The van der Waals surface area contributed by atoms with Gasteiger partial charge in [0.1, 0.15) is 21.6 Å². The lowest BCUT2D eigenvalue weighted by molar-refractivity contribution is -0.385. The molecule has 0 spiro atoms. The third-order valence-corrected chi connectivity index (χ3v) is 6.57. The number of aryl methyl sites for hydroxylation is 2. The molecule has 3 aromatic heterocycles. The van der Waals surface area contributed by atoms with E-state index in [0.717, 1.165) is 22.5 Å². The van der Waals surface area contributed by atoms with Gasteiger partial charge in [0, 0.05) is 11.8 Å². The Hall–Kier alpha value is -4.53. The van der Waals surface area contributed by atoms with Crippen LogP contribution < -0.4 is 15.8 Å². The summed E-state index contributed by atoms with van der Waals surface area (Å²) in [7, 11) is 1.21. The second-order valence-electron chi connectivity index (χ2n) is 8.11. The van der Waals surface area contributed by atoms with Crippen LogP contribution in [0.25, 0.3) is 21.3 Å². The highest BCUT2D eigenvalue weighted by molar-refractivity contribution is 7.21. The summed E-state index contributed by atoms with van der Waals surface area (Å²) in [6, 6.07) is 7.53. The number of amides is 2. The number of nitrogens with zero attached hydrogens (tertiary/aromatic N) is 4. The van der Waals surface area contributed by atoms with Crippen molar-refractivity contribution in [1.82, 2.24) is 14.8 Å². The monoisotopic (exact) mass is 548 g/mol. The molecule has 0 saturated heterocycles. The van der Waals surface area contributed by atoms with E-state index in [1.807, 2.05) is 6.92 Å². The zero-order valence-corrected chi connectivity index (χ0v) is 20.6. The summed E-state index contributed by atoms with van der Waals surface area (Å²) in [6.07, 6.45) is -3.91. The van der Waals surface area contributed by atoms with E-state index in [9.17, 15) is 32.9 Å². The van der Waals surface area contributed by atoms with Crippen molar-refractivity contribution in [2.24, 2.45) is 5.73 Å². The number of carbonyl (C=O) groups is 2. The summed E-state index contributed by atoms with van der Waals surface area (Å²) < 4.78 is 46.9. The molecule has 0 bridgehead atoms. The number of primary amides is 1. The number of carbonyl (C=O) groups excluding carboxylic acids is 2. The quantitative estimate of drug-likeness (QED) is 0.242. The van der Waals surface area contributed by atoms with E-state index in [0.29, 0.717) is 16.9 Å². The van der Waals surface area contributed by atoms with E-state index in [2.05, 4.69) is 15.4 Å². The number of anilines is 1. The molecule has 0 aliphatic heterocycles. The minimum absolute atomic E-state index is 0.0664. The summed E-state index contributed by atoms with van der Waals surface area (Å²) >= 11 is 0.633. The maximum Gasteiger partial charge on any atom is 0.433 e. The number of nitrogens with two attached hydrogens (primary N) is 1. The van der Waals surface area contributed by atoms with Crippen LogP contribution in [0.1, 0.15) is 27.3 Å². The summed E-state index contributed by atoms with van der Waals surface area (Å²) in [6.45, 7) is 1.73. The number of nitrogens with one attached hydrogen (secondary N) is 1. The fourth-order valence-corrected chi connectivity index (χ4v) is 4.70. The van der Waals surface area contributed by atoms with Crippen LogP contribution in [0.5, 0.6) is 5.88 Å². The molecule has 0 atom stereocenters. The van der Waals surface area contributed by atoms with E-state index < -0.39 is 28.6 Å². The summed E-state index contributed by atoms with van der Waals surface area (Å²) in [5, 5.41) is 17.7. The van der Waals surface area contributed by atoms with Gasteiger partial charge in [-0.25, -0.2) is 4.98 Å². The molecule has 4 aromatic rings. The second-order valence-corrected chi connectivity index (χ2v) is 9.11. The highest BCUT2D eigenvalue weighted by Crippen LogP contribution is 2.43. The van der Waals surface area contributed by atoms with Crippen molar-refractivity contribution in [3.63, 3.8) is 0 Å². The molecule has 3 N–H and O–H groups in total. The molecule has 198 valence electrons. The van der Waals surface area contributed by atoms with E-state index in [1.54, 1.807) is 24.3 Å². The second kappa shape index (κ2) is 10.1. The first-order chi connectivity index (χ1) is 17.9. The van der Waals surface area contributed by atoms with Gasteiger partial charge in [-0.1, -0.05) is 29.8 Å². The van der Waals surface area contributed by atoms with Crippen molar-refractivity contribution in [1.29, 1.82) is 0 Å². The van der Waals surface area contributed by atoms with Crippen LogP contribution in [-0.4, -0.2) is 38.6 Å². The average Bonchev–Trinajstić information content (AvgIpc) is 3.44. The standard InChI is InChI=1S/C23H19F3N6O5S/c1-11-3-5-12(6-4-11)13-9-15(23(24,25)26)28-22-17(13)18(19(38-22)20(27)34)29-16(33)7-8-31-10-14(32(35)36)21(30-31)37-2/h3-6,9-10H,7-8H2,1-2H3,(H2,27,34)(H,29,33). The summed E-state index contributed by atoms with van der Waals surface area (Å²) in [5.41, 5.74) is 5.27. The topological polar surface area (TPSA) is 155 Å². The maximum atomic E-state index is 13.6. The van der Waals surface area contributed by atoms with Crippen molar-refractivity contribution < 1.29 is 32.4 Å². The van der Waals surface area contributed by atoms with Crippen LogP contribution in [0.3, 0.4) is 0 Å². The van der Waals surface area contributed by atoms with E-state index in [-0.39, 0.29) is 50.9 Å². The van der Waals surface area contributed by atoms with Crippen LogP contribution >= 0.6 is 11.3 Å². The van der Waals surface area contributed by atoms with Gasteiger partial charge in [0.15, 0.2) is 0 Å². The number of benzene rings is 1. The predicted octanol–water partition coefficient (Wildman–Crippen LogP) is 4.53. The molecule has 3 heterocycles. The lowest BCUT2D eigenvalue weighted by atomic mass is 10.00. The predicted molar refractivity (Wildman–Crippen MR) is 132 cm³/mol. The highest BCUT2D eigenvalue weighted by Gasteiger charge is 2.35. The molecule has 4 rings (SSSR count). The van der Waals surface area contributed by atoms with Gasteiger partial charge in [-0.2, -0.15) is 13.2 Å². The van der Waals surface area contributed by atoms with Crippen molar-refractivity contribution in [2.75, 3.05) is 12.4 Å². The Bertz CT molecular complexity index is 1560. The fourth-order valence-electron chi connectivity index (χ4n) is 3.69. The van der Waals surface area contributed by atoms with Gasteiger partial charge in [-0.05, 0) is 24.1 Å². The van der Waals surface area contributed by atoms with Gasteiger partial charge >= 0.3 is 17.7 Å². The highest BCUT2D eigenvalue weighted by atomic mass is 32.1. The van der Waals surface area contributed by atoms with Crippen molar-refractivity contribution in [3.05, 3.63) is 62.8 Å². The molecule has 11 nitrogen and oxygen atoms in total. The third-order valence-electron chi connectivity index (χ3n) is 5.47. The fraction of sp³-hybridized carbons (Fsp3) is 0.217. The zero-order chi connectivity index (χ0) is 27.8. The normalized spacial score (nSPS) is 11.5. The summed E-state index contributed by atoms with van der Waals surface area (Å²) in [4.78, 5) is 38.9. The van der Waals surface area contributed by atoms with Crippen LogP contribution in [0.15, 0.2) is 36.5 Å². The molecule has 1 aromatic carbocycles. The number of nitro groups is 1. The number of pyridine rings is 1. The number of halogens is 3. The van der Waals surface area contributed by atoms with Crippen molar-refractivity contribution in [2.45, 2.75) is 26.1 Å². The first-order valence-electron chi connectivity index (χ1n) is 10.9. The first kappa shape index (κ1) is 26.5. The molecule has 38 heavy (non-hydrogen) atoms. The molecule has 0 unspecified atom stereocenters. The van der Waals surface area contributed by atoms with Crippen LogP contribution in [-0.2, 0) is 17.5 Å². The SMILES string of the molecule is COc1nn(CCC(=O)Nc2c(C(N)=O)sc3nc(C(F)(F)F)cc(-c4ccc(C)cc4)c23)cc1[N+](=O)[O-].